The number of aliphatic hydroxyl groups excluding tert-OH is 3. The maximum absolute atomic E-state index is 9.60. The number of hydrogen-bond donors (Lipinski definition) is 4. The first-order valence-corrected chi connectivity index (χ1v) is 5.45. The molecule has 4 N–H and O–H groups in total. The molecule has 0 aromatic rings. The molecule has 6 nitrogen and oxygen atoms in total. The van der Waals surface area contributed by atoms with Crippen LogP contribution in [0, 0.1) is 0 Å². The smallest absolute Gasteiger partial charge is 0.330 e. The molecule has 112 valence electrons. The largest absolute Gasteiger partial charge is 0.478 e. The molecule has 0 atom stereocenters. The summed E-state index contributed by atoms with van der Waals surface area (Å²) in [7, 11) is 0. The predicted octanol–water partition coefficient (Wildman–Crippen LogP) is 0.354. The molecule has 0 saturated heterocycles. The highest BCUT2D eigenvalue weighted by Crippen LogP contribution is 1.81. The van der Waals surface area contributed by atoms with Crippen LogP contribution >= 0.6 is 0 Å². The van der Waals surface area contributed by atoms with E-state index in [0.717, 1.165) is 0 Å². The van der Waals surface area contributed by atoms with Crippen LogP contribution in [0.2, 0.25) is 0 Å². The number of ether oxygens (including phenoxy) is 1. The van der Waals surface area contributed by atoms with Gasteiger partial charge < -0.3 is 25.2 Å². The number of aliphatic hydroxyl groups is 3. The average molecular weight is 276 g/mol. The van der Waals surface area contributed by atoms with E-state index < -0.39 is 12.1 Å². The molecule has 0 aromatic heterocycles. The van der Waals surface area contributed by atoms with Gasteiger partial charge in [-0.05, 0) is 6.92 Å². The van der Waals surface area contributed by atoms with Gasteiger partial charge in [-0.1, -0.05) is 18.7 Å². The van der Waals surface area contributed by atoms with Crippen LogP contribution in [-0.2, 0) is 9.53 Å². The summed E-state index contributed by atoms with van der Waals surface area (Å²) in [4.78, 5) is 9.60. The lowest BCUT2D eigenvalue weighted by Crippen LogP contribution is -2.15. The molecule has 0 aliphatic carbocycles. The van der Waals surface area contributed by atoms with E-state index in [2.05, 4.69) is 19.7 Å². The Hall–Kier alpha value is -1.47. The summed E-state index contributed by atoms with van der Waals surface area (Å²) in [6.45, 7) is 12.1. The van der Waals surface area contributed by atoms with Gasteiger partial charge in [0.05, 0.1) is 26.4 Å². The molecular weight excluding hydrogens is 252 g/mol. The molecule has 0 bridgehead atoms. The van der Waals surface area contributed by atoms with Crippen LogP contribution in [0.15, 0.2) is 37.5 Å². The van der Waals surface area contributed by atoms with Gasteiger partial charge in [0.15, 0.2) is 0 Å². The van der Waals surface area contributed by atoms with Gasteiger partial charge in [0.1, 0.15) is 6.10 Å². The van der Waals surface area contributed by atoms with Crippen LogP contribution in [0.1, 0.15) is 6.92 Å². The zero-order valence-corrected chi connectivity index (χ0v) is 11.3. The summed E-state index contributed by atoms with van der Waals surface area (Å²) in [5, 5.41) is 31.9. The van der Waals surface area contributed by atoms with Crippen molar-refractivity contribution in [3.63, 3.8) is 0 Å². The molecular formula is C13H24O6. The summed E-state index contributed by atoms with van der Waals surface area (Å²) < 4.78 is 4.90. The number of hydrogen-bond acceptors (Lipinski definition) is 5. The highest BCUT2D eigenvalue weighted by molar-refractivity contribution is 5.84. The van der Waals surface area contributed by atoms with Crippen molar-refractivity contribution in [2.45, 2.75) is 13.0 Å². The molecule has 0 heterocycles. The van der Waals surface area contributed by atoms with E-state index >= 15 is 0 Å². The fraction of sp³-hybridized carbons (Fsp3) is 0.462. The summed E-state index contributed by atoms with van der Waals surface area (Å²) in [6, 6.07) is 0. The second-order valence-electron chi connectivity index (χ2n) is 3.22. The fourth-order valence-electron chi connectivity index (χ4n) is 0.292. The number of aliphatic carboxylic acids is 1. The van der Waals surface area contributed by atoms with Crippen molar-refractivity contribution in [3.05, 3.63) is 37.5 Å². The lowest BCUT2D eigenvalue weighted by Gasteiger charge is -1.96. The third-order valence-electron chi connectivity index (χ3n) is 1.26. The Kier molecular flexibility index (Phi) is 22.5. The Morgan fingerprint density at radius 3 is 1.63 bits per heavy atom. The predicted molar refractivity (Wildman–Crippen MR) is 73.8 cm³/mol. The van der Waals surface area contributed by atoms with Crippen molar-refractivity contribution in [2.75, 3.05) is 26.4 Å². The summed E-state index contributed by atoms with van der Waals surface area (Å²) in [6.07, 6.45) is 2.47. The Morgan fingerprint density at radius 2 is 1.53 bits per heavy atom. The number of carbonyl (C=O) groups is 1. The van der Waals surface area contributed by atoms with Gasteiger partial charge in [-0.2, -0.15) is 0 Å². The Morgan fingerprint density at radius 1 is 1.21 bits per heavy atom. The summed E-state index contributed by atoms with van der Waals surface area (Å²) >= 11 is 0. The van der Waals surface area contributed by atoms with Gasteiger partial charge in [-0.25, -0.2) is 4.79 Å². The molecule has 0 unspecified atom stereocenters. The van der Waals surface area contributed by atoms with Crippen LogP contribution < -0.4 is 0 Å². The molecule has 0 saturated carbocycles. The Labute approximate surface area is 114 Å². The molecule has 0 aliphatic rings. The lowest BCUT2D eigenvalue weighted by atomic mass is 10.4. The van der Waals surface area contributed by atoms with Crippen molar-refractivity contribution >= 4 is 5.97 Å². The van der Waals surface area contributed by atoms with Crippen LogP contribution in [0.4, 0.5) is 0 Å². The molecule has 0 spiro atoms. The van der Waals surface area contributed by atoms with Crippen LogP contribution in [0.5, 0.6) is 0 Å². The molecule has 0 aliphatic heterocycles. The summed E-state index contributed by atoms with van der Waals surface area (Å²) in [5.41, 5.74) is 0.176. The molecule has 0 aromatic carbocycles. The molecule has 0 radical (unpaired) electrons. The van der Waals surface area contributed by atoms with Gasteiger partial charge in [0.2, 0.25) is 0 Å². The highest BCUT2D eigenvalue weighted by Gasteiger charge is 1.93. The van der Waals surface area contributed by atoms with Gasteiger partial charge in [-0.3, -0.25) is 0 Å². The third-order valence-corrected chi connectivity index (χ3v) is 1.26. The zero-order valence-electron chi connectivity index (χ0n) is 11.3. The van der Waals surface area contributed by atoms with Crippen molar-refractivity contribution < 1.29 is 30.0 Å². The van der Waals surface area contributed by atoms with Crippen LogP contribution in [0.3, 0.4) is 0 Å². The highest BCUT2D eigenvalue weighted by atomic mass is 16.5. The van der Waals surface area contributed by atoms with Crippen molar-refractivity contribution in [1.29, 1.82) is 0 Å². The van der Waals surface area contributed by atoms with Crippen LogP contribution in [0.25, 0.3) is 0 Å². The first-order valence-electron chi connectivity index (χ1n) is 5.45. The molecule has 0 amide bonds. The standard InChI is InChI=1S/C6H10O.C4H6O2.C3H8O3/c1-3-5-7-6-4-2;1-3(2)4(5)6;4-1-3(6)2-5/h3-4H,1-2,5-6H2;1H2,2H3,(H,5,6);3-6H,1-2H2. The maximum atomic E-state index is 9.60. The monoisotopic (exact) mass is 276 g/mol. The average Bonchev–Trinajstić information content (AvgIpc) is 2.39. The molecule has 0 rings (SSSR count). The first-order chi connectivity index (χ1) is 8.87. The molecule has 6 heteroatoms. The van der Waals surface area contributed by atoms with E-state index in [0.29, 0.717) is 13.2 Å². The minimum absolute atomic E-state index is 0.176. The molecule has 19 heavy (non-hydrogen) atoms. The van der Waals surface area contributed by atoms with Gasteiger partial charge in [0, 0.05) is 5.57 Å². The second kappa shape index (κ2) is 18.9. The number of rotatable bonds is 7. The topological polar surface area (TPSA) is 107 Å². The Bertz CT molecular complexity index is 226. The number of carboxylic acid groups (broad SMARTS) is 1. The van der Waals surface area contributed by atoms with Gasteiger partial charge in [0.25, 0.3) is 0 Å². The minimum atomic E-state index is -0.954. The van der Waals surface area contributed by atoms with E-state index in [1.807, 2.05) is 0 Å². The normalized spacial score (nSPS) is 8.47. The summed E-state index contributed by atoms with van der Waals surface area (Å²) in [5.74, 6) is -0.935. The van der Waals surface area contributed by atoms with Crippen molar-refractivity contribution in [1.82, 2.24) is 0 Å². The second-order valence-corrected chi connectivity index (χ2v) is 3.22. The van der Waals surface area contributed by atoms with E-state index in [9.17, 15) is 4.79 Å². The van der Waals surface area contributed by atoms with E-state index in [1.165, 1.54) is 6.92 Å². The van der Waals surface area contributed by atoms with Crippen molar-refractivity contribution in [2.24, 2.45) is 0 Å². The van der Waals surface area contributed by atoms with E-state index in [4.69, 9.17) is 25.2 Å². The quantitative estimate of drug-likeness (QED) is 0.304. The van der Waals surface area contributed by atoms with E-state index in [-0.39, 0.29) is 18.8 Å². The first kappa shape index (κ1) is 22.7. The van der Waals surface area contributed by atoms with Crippen molar-refractivity contribution in [3.8, 4) is 0 Å². The SMILES string of the molecule is C=C(C)C(=O)O.C=CCOCC=C.OCC(O)CO. The zero-order chi connectivity index (χ0) is 15.7. The van der Waals surface area contributed by atoms with Gasteiger partial charge in [-0.15, -0.1) is 13.2 Å². The third kappa shape index (κ3) is 31.5. The fourth-order valence-corrected chi connectivity index (χ4v) is 0.292. The number of carboxylic acids is 1. The minimum Gasteiger partial charge on any atom is -0.478 e. The Balaban J connectivity index is -0.000000203. The van der Waals surface area contributed by atoms with Crippen LogP contribution in [-0.4, -0.2) is 58.9 Å². The molecule has 0 fully saturated rings. The maximum Gasteiger partial charge on any atom is 0.330 e. The van der Waals surface area contributed by atoms with Gasteiger partial charge >= 0.3 is 5.97 Å². The van der Waals surface area contributed by atoms with E-state index in [1.54, 1.807) is 12.2 Å². The lowest BCUT2D eigenvalue weighted by molar-refractivity contribution is -0.132.